The number of nitrogens with zero attached hydrogens (tertiary/aromatic N) is 1. The zero-order chi connectivity index (χ0) is 13.9. The molecule has 0 bridgehead atoms. The number of ether oxygens (including phenoxy) is 1. The van der Waals surface area contributed by atoms with Crippen molar-refractivity contribution in [3.05, 3.63) is 32.4 Å². The average molecular weight is 369 g/mol. The molecule has 3 nitrogen and oxygen atoms in total. The fourth-order valence-corrected chi connectivity index (χ4v) is 2.12. The van der Waals surface area contributed by atoms with Gasteiger partial charge >= 0.3 is 12.1 Å². The summed E-state index contributed by atoms with van der Waals surface area (Å²) >= 11 is 1.47. The number of esters is 1. The molecule has 1 aromatic rings. The number of hydrogen-bond acceptors (Lipinski definition) is 3. The molecule has 0 atom stereocenters. The van der Waals surface area contributed by atoms with E-state index in [1.165, 1.54) is 35.6 Å². The maximum Gasteiger partial charge on any atom is 0.418 e. The van der Waals surface area contributed by atoms with E-state index in [0.29, 0.717) is 0 Å². The molecule has 0 spiro atoms. The molecular weight excluding hydrogens is 362 g/mol. The van der Waals surface area contributed by atoms with Crippen molar-refractivity contribution in [1.29, 1.82) is 5.26 Å². The Morgan fingerprint density at radius 3 is 2.56 bits per heavy atom. The summed E-state index contributed by atoms with van der Waals surface area (Å²) in [6.07, 6.45) is -4.72. The molecule has 0 N–H and O–H groups in total. The molecule has 0 unspecified atom stereocenters. The van der Waals surface area contributed by atoms with Gasteiger partial charge in [0.2, 0.25) is 0 Å². The Kier molecular flexibility index (Phi) is 4.56. The average Bonchev–Trinajstić information content (AvgIpc) is 2.27. The molecule has 0 aliphatic rings. The van der Waals surface area contributed by atoms with Gasteiger partial charge in [-0.1, -0.05) is 0 Å². The maximum absolute atomic E-state index is 12.9. The predicted molar refractivity (Wildman–Crippen MR) is 64.8 cm³/mol. The van der Waals surface area contributed by atoms with Crippen LogP contribution in [-0.4, -0.2) is 12.6 Å². The van der Waals surface area contributed by atoms with Gasteiger partial charge in [0, 0.05) is 3.57 Å². The molecular formula is C11H7F3INO2. The third kappa shape index (κ3) is 2.93. The number of halogens is 4. The van der Waals surface area contributed by atoms with E-state index < -0.39 is 23.3 Å². The zero-order valence-electron chi connectivity index (χ0n) is 9.14. The van der Waals surface area contributed by atoms with Crippen LogP contribution in [0.15, 0.2) is 12.1 Å². The molecule has 0 radical (unpaired) electrons. The number of alkyl halides is 3. The second-order valence-corrected chi connectivity index (χ2v) is 4.34. The van der Waals surface area contributed by atoms with E-state index in [4.69, 9.17) is 5.26 Å². The molecule has 0 saturated heterocycles. The van der Waals surface area contributed by atoms with Crippen LogP contribution in [0.25, 0.3) is 0 Å². The van der Waals surface area contributed by atoms with E-state index in [2.05, 4.69) is 4.74 Å². The quantitative estimate of drug-likeness (QED) is 0.594. The van der Waals surface area contributed by atoms with Gasteiger partial charge in [0.15, 0.2) is 0 Å². The van der Waals surface area contributed by atoms with Crippen LogP contribution in [0.3, 0.4) is 0 Å². The van der Waals surface area contributed by atoms with Crippen LogP contribution in [0.1, 0.15) is 28.4 Å². The van der Waals surface area contributed by atoms with Gasteiger partial charge in [-0.15, -0.1) is 0 Å². The molecule has 0 fully saturated rings. The van der Waals surface area contributed by atoms with Crippen molar-refractivity contribution in [2.75, 3.05) is 6.61 Å². The van der Waals surface area contributed by atoms with Crippen LogP contribution >= 0.6 is 22.6 Å². The number of carbonyl (C=O) groups excluding carboxylic acids is 1. The number of hydrogen-bond donors (Lipinski definition) is 0. The number of nitriles is 1. The number of rotatable bonds is 2. The summed E-state index contributed by atoms with van der Waals surface area (Å²) in [6, 6.07) is 3.88. The van der Waals surface area contributed by atoms with Crippen molar-refractivity contribution >= 4 is 28.6 Å². The Labute approximate surface area is 115 Å². The molecule has 18 heavy (non-hydrogen) atoms. The highest BCUT2D eigenvalue weighted by atomic mass is 127. The molecule has 96 valence electrons. The van der Waals surface area contributed by atoms with Gasteiger partial charge in [0.25, 0.3) is 0 Å². The van der Waals surface area contributed by atoms with E-state index in [-0.39, 0.29) is 15.7 Å². The van der Waals surface area contributed by atoms with Gasteiger partial charge in [0.05, 0.1) is 23.3 Å². The SMILES string of the molecule is CCOC(=O)c1c(C#N)ccc(I)c1C(F)(F)F. The number of carbonyl (C=O) groups is 1. The summed E-state index contributed by atoms with van der Waals surface area (Å²) in [5.74, 6) is -1.14. The summed E-state index contributed by atoms with van der Waals surface area (Å²) in [6.45, 7) is 1.41. The third-order valence-electron chi connectivity index (χ3n) is 2.04. The lowest BCUT2D eigenvalue weighted by Crippen LogP contribution is -2.18. The molecule has 1 aromatic carbocycles. The smallest absolute Gasteiger partial charge is 0.418 e. The normalized spacial score (nSPS) is 10.9. The van der Waals surface area contributed by atoms with Crippen LogP contribution in [0, 0.1) is 14.9 Å². The molecule has 0 amide bonds. The highest BCUT2D eigenvalue weighted by Crippen LogP contribution is 2.37. The first-order chi connectivity index (χ1) is 8.32. The lowest BCUT2D eigenvalue weighted by atomic mass is 10.0. The minimum atomic E-state index is -4.72. The first-order valence-electron chi connectivity index (χ1n) is 4.79. The topological polar surface area (TPSA) is 50.1 Å². The monoisotopic (exact) mass is 369 g/mol. The van der Waals surface area contributed by atoms with Gasteiger partial charge in [-0.2, -0.15) is 18.4 Å². The summed E-state index contributed by atoms with van der Waals surface area (Å²) in [5.41, 5.74) is -2.19. The van der Waals surface area contributed by atoms with Gasteiger partial charge in [0.1, 0.15) is 6.07 Å². The van der Waals surface area contributed by atoms with E-state index >= 15 is 0 Å². The van der Waals surface area contributed by atoms with Crippen LogP contribution in [-0.2, 0) is 10.9 Å². The summed E-state index contributed by atoms with van der Waals surface area (Å²) in [4.78, 5) is 11.6. The van der Waals surface area contributed by atoms with Gasteiger partial charge in [-0.25, -0.2) is 4.79 Å². The second-order valence-electron chi connectivity index (χ2n) is 3.17. The lowest BCUT2D eigenvalue weighted by Gasteiger charge is -2.14. The van der Waals surface area contributed by atoms with Crippen LogP contribution in [0.5, 0.6) is 0 Å². The van der Waals surface area contributed by atoms with Crippen molar-refractivity contribution in [1.82, 2.24) is 0 Å². The Morgan fingerprint density at radius 1 is 1.50 bits per heavy atom. The lowest BCUT2D eigenvalue weighted by molar-refractivity contribution is -0.138. The fourth-order valence-electron chi connectivity index (χ4n) is 1.36. The fraction of sp³-hybridized carbons (Fsp3) is 0.273. The van der Waals surface area contributed by atoms with Crippen LogP contribution in [0.4, 0.5) is 13.2 Å². The molecule has 0 aliphatic carbocycles. The van der Waals surface area contributed by atoms with Crippen molar-refractivity contribution in [3.8, 4) is 6.07 Å². The highest BCUT2D eigenvalue weighted by Gasteiger charge is 2.39. The molecule has 0 aliphatic heterocycles. The van der Waals surface area contributed by atoms with Crippen molar-refractivity contribution < 1.29 is 22.7 Å². The van der Waals surface area contributed by atoms with E-state index in [9.17, 15) is 18.0 Å². The van der Waals surface area contributed by atoms with Crippen LogP contribution in [0.2, 0.25) is 0 Å². The molecule has 0 aromatic heterocycles. The Bertz CT molecular complexity index is 520. The summed E-state index contributed by atoms with van der Waals surface area (Å²) in [7, 11) is 0. The van der Waals surface area contributed by atoms with E-state index in [1.807, 2.05) is 0 Å². The van der Waals surface area contributed by atoms with E-state index in [1.54, 1.807) is 6.07 Å². The Morgan fingerprint density at radius 2 is 2.11 bits per heavy atom. The van der Waals surface area contributed by atoms with Gasteiger partial charge < -0.3 is 4.74 Å². The minimum absolute atomic E-state index is 0.0630. The van der Waals surface area contributed by atoms with Gasteiger partial charge in [-0.05, 0) is 41.6 Å². The van der Waals surface area contributed by atoms with Crippen molar-refractivity contribution in [2.24, 2.45) is 0 Å². The van der Waals surface area contributed by atoms with E-state index in [0.717, 1.165) is 6.07 Å². The zero-order valence-corrected chi connectivity index (χ0v) is 11.3. The van der Waals surface area contributed by atoms with Crippen molar-refractivity contribution in [2.45, 2.75) is 13.1 Å². The predicted octanol–water partition coefficient (Wildman–Crippen LogP) is 3.36. The third-order valence-corrected chi connectivity index (χ3v) is 2.94. The minimum Gasteiger partial charge on any atom is -0.462 e. The number of benzene rings is 1. The summed E-state index contributed by atoms with van der Waals surface area (Å²) in [5, 5.41) is 8.79. The first kappa shape index (κ1) is 14.8. The molecule has 0 saturated carbocycles. The second kappa shape index (κ2) is 5.56. The first-order valence-corrected chi connectivity index (χ1v) is 5.87. The summed E-state index contributed by atoms with van der Waals surface area (Å²) < 4.78 is 43.1. The Balaban J connectivity index is 3.58. The largest absolute Gasteiger partial charge is 0.462 e. The molecule has 0 heterocycles. The van der Waals surface area contributed by atoms with Crippen LogP contribution < -0.4 is 0 Å². The molecule has 1 rings (SSSR count). The maximum atomic E-state index is 12.9. The highest BCUT2D eigenvalue weighted by molar-refractivity contribution is 14.1. The molecule has 7 heteroatoms. The standard InChI is InChI=1S/C11H7F3INO2/c1-2-18-10(17)8-6(5-16)3-4-7(15)9(8)11(12,13)14/h3-4H,2H2,1H3. The Hall–Kier alpha value is -1.30. The van der Waals surface area contributed by atoms with Crippen molar-refractivity contribution in [3.63, 3.8) is 0 Å². The van der Waals surface area contributed by atoms with Gasteiger partial charge in [-0.3, -0.25) is 0 Å².